The normalized spacial score (nSPS) is 25.8. The van der Waals surface area contributed by atoms with Gasteiger partial charge in [0.2, 0.25) is 5.91 Å². The zero-order valence-corrected chi connectivity index (χ0v) is 13.7. The molecule has 2 aromatic rings. The van der Waals surface area contributed by atoms with Gasteiger partial charge in [0.05, 0.1) is 18.1 Å². The number of H-pyrrole nitrogens is 1. The molecule has 0 aromatic carbocycles. The second-order valence-corrected chi connectivity index (χ2v) is 6.37. The van der Waals surface area contributed by atoms with Gasteiger partial charge in [0.15, 0.2) is 6.04 Å². The van der Waals surface area contributed by atoms with Crippen LogP contribution in [-0.2, 0) is 16.0 Å². The van der Waals surface area contributed by atoms with Gasteiger partial charge in [-0.2, -0.15) is 0 Å². The van der Waals surface area contributed by atoms with Gasteiger partial charge >= 0.3 is 5.97 Å². The topological polar surface area (TPSA) is 123 Å². The average molecular weight is 345 g/mol. The van der Waals surface area contributed by atoms with Crippen molar-refractivity contribution in [2.45, 2.75) is 37.9 Å². The number of carbonyl (C=O) groups excluding carboxylic acids is 1. The van der Waals surface area contributed by atoms with E-state index in [1.54, 1.807) is 0 Å². The molecule has 9 nitrogen and oxygen atoms in total. The molecule has 1 amide bonds. The Morgan fingerprint density at radius 2 is 2.20 bits per heavy atom. The van der Waals surface area contributed by atoms with Crippen LogP contribution in [0.25, 0.3) is 0 Å². The highest BCUT2D eigenvalue weighted by molar-refractivity contribution is 5.88. The number of aromatic nitrogens is 2. The number of hydrogen-bond acceptors (Lipinski definition) is 6. The number of nitrogens with zero attached hydrogens (tertiary/aromatic N) is 2. The number of rotatable bonds is 3. The Hall–Kier alpha value is -2.65. The lowest BCUT2D eigenvalue weighted by molar-refractivity contribution is -0.152. The predicted molar refractivity (Wildman–Crippen MR) is 85.2 cm³/mol. The summed E-state index contributed by atoms with van der Waals surface area (Å²) in [6.07, 6.45) is 2.52. The number of nitrogens with one attached hydrogen (secondary N) is 3. The molecule has 132 valence electrons. The van der Waals surface area contributed by atoms with Gasteiger partial charge in [0.1, 0.15) is 17.6 Å². The van der Waals surface area contributed by atoms with Crippen molar-refractivity contribution in [3.8, 4) is 0 Å². The summed E-state index contributed by atoms with van der Waals surface area (Å²) in [5.41, 5.74) is 7.21. The van der Waals surface area contributed by atoms with Crippen molar-refractivity contribution in [1.82, 2.24) is 25.7 Å². The first kappa shape index (κ1) is 15.9. The molecule has 3 atom stereocenters. The third-order valence-corrected chi connectivity index (χ3v) is 4.75. The SMILES string of the molecule is Cc1ccc(C2CC(C(=O)N3CCc4[nH]cnc4C3C(=O)O)NN2)o1. The van der Waals surface area contributed by atoms with Crippen molar-refractivity contribution in [3.05, 3.63) is 41.4 Å². The van der Waals surface area contributed by atoms with E-state index in [4.69, 9.17) is 4.42 Å². The van der Waals surface area contributed by atoms with Gasteiger partial charge in [-0.1, -0.05) is 0 Å². The first-order valence-electron chi connectivity index (χ1n) is 8.17. The second kappa shape index (κ2) is 6.01. The third kappa shape index (κ3) is 2.71. The molecule has 0 spiro atoms. The molecule has 0 saturated carbocycles. The zero-order chi connectivity index (χ0) is 17.6. The molecule has 4 heterocycles. The van der Waals surface area contributed by atoms with Crippen LogP contribution in [0.4, 0.5) is 0 Å². The molecular formula is C16H19N5O4. The summed E-state index contributed by atoms with van der Waals surface area (Å²) >= 11 is 0. The fourth-order valence-electron chi connectivity index (χ4n) is 3.51. The van der Waals surface area contributed by atoms with Crippen molar-refractivity contribution >= 4 is 11.9 Å². The lowest BCUT2D eigenvalue weighted by Crippen LogP contribution is -2.51. The molecule has 1 fully saturated rings. The second-order valence-electron chi connectivity index (χ2n) is 6.37. The van der Waals surface area contributed by atoms with Crippen LogP contribution >= 0.6 is 0 Å². The van der Waals surface area contributed by atoms with Gasteiger partial charge in [-0.05, 0) is 25.5 Å². The number of carboxylic acids is 1. The number of fused-ring (bicyclic) bond motifs is 1. The van der Waals surface area contributed by atoms with Crippen LogP contribution in [-0.4, -0.2) is 44.4 Å². The molecule has 25 heavy (non-hydrogen) atoms. The Bertz CT molecular complexity index is 813. The number of carboxylic acid groups (broad SMARTS) is 1. The number of aryl methyl sites for hydroxylation is 1. The van der Waals surface area contributed by atoms with Crippen molar-refractivity contribution in [3.63, 3.8) is 0 Å². The fourth-order valence-corrected chi connectivity index (χ4v) is 3.51. The van der Waals surface area contributed by atoms with Crippen LogP contribution < -0.4 is 10.9 Å². The first-order valence-corrected chi connectivity index (χ1v) is 8.17. The maximum Gasteiger partial charge on any atom is 0.332 e. The standard InChI is InChI=1S/C16H19N5O4/c1-8-2-3-12(25-8)10-6-11(20-19-10)15(22)21-5-4-9-13(18-7-17-9)14(21)16(23)24/h2-3,7,10-11,14,19-20H,4-6H2,1H3,(H,17,18)(H,23,24). The highest BCUT2D eigenvalue weighted by Crippen LogP contribution is 2.30. The Morgan fingerprint density at radius 3 is 2.92 bits per heavy atom. The molecule has 2 aliphatic rings. The summed E-state index contributed by atoms with van der Waals surface area (Å²) in [7, 11) is 0. The van der Waals surface area contributed by atoms with E-state index in [1.165, 1.54) is 11.2 Å². The van der Waals surface area contributed by atoms with Gasteiger partial charge in [-0.15, -0.1) is 0 Å². The molecule has 9 heteroatoms. The number of furan rings is 1. The predicted octanol–water partition coefficient (Wildman–Crippen LogP) is 0.429. The largest absolute Gasteiger partial charge is 0.479 e. The molecule has 3 unspecified atom stereocenters. The van der Waals surface area contributed by atoms with E-state index in [2.05, 4.69) is 20.8 Å². The molecule has 0 radical (unpaired) electrons. The van der Waals surface area contributed by atoms with E-state index in [-0.39, 0.29) is 11.9 Å². The summed E-state index contributed by atoms with van der Waals surface area (Å²) in [6, 6.07) is 2.04. The van der Waals surface area contributed by atoms with Gasteiger partial charge < -0.3 is 19.4 Å². The highest BCUT2D eigenvalue weighted by atomic mass is 16.4. The third-order valence-electron chi connectivity index (χ3n) is 4.75. The average Bonchev–Trinajstić information content (AvgIpc) is 3.32. The number of imidazole rings is 1. The van der Waals surface area contributed by atoms with E-state index in [1.807, 2.05) is 19.1 Å². The maximum absolute atomic E-state index is 12.9. The van der Waals surface area contributed by atoms with Gasteiger partial charge in [0.25, 0.3) is 0 Å². The minimum absolute atomic E-state index is 0.128. The van der Waals surface area contributed by atoms with Crippen molar-refractivity contribution in [2.24, 2.45) is 0 Å². The first-order chi connectivity index (χ1) is 12.0. The van der Waals surface area contributed by atoms with Crippen LogP contribution in [0, 0.1) is 6.92 Å². The number of aliphatic carboxylic acids is 1. The summed E-state index contributed by atoms with van der Waals surface area (Å²) in [6.45, 7) is 2.20. The molecule has 2 aliphatic heterocycles. The zero-order valence-electron chi connectivity index (χ0n) is 13.7. The van der Waals surface area contributed by atoms with Crippen LogP contribution in [0.1, 0.15) is 41.4 Å². The minimum Gasteiger partial charge on any atom is -0.479 e. The Labute approximate surface area is 143 Å². The van der Waals surface area contributed by atoms with Crippen molar-refractivity contribution < 1.29 is 19.1 Å². The highest BCUT2D eigenvalue weighted by Gasteiger charge is 2.42. The Balaban J connectivity index is 1.52. The van der Waals surface area contributed by atoms with E-state index in [9.17, 15) is 14.7 Å². The summed E-state index contributed by atoms with van der Waals surface area (Å²) < 4.78 is 5.60. The van der Waals surface area contributed by atoms with Crippen molar-refractivity contribution in [1.29, 1.82) is 0 Å². The number of carbonyl (C=O) groups is 2. The van der Waals surface area contributed by atoms with Crippen LogP contribution in [0.5, 0.6) is 0 Å². The molecular weight excluding hydrogens is 326 g/mol. The van der Waals surface area contributed by atoms with Crippen LogP contribution in [0.15, 0.2) is 22.9 Å². The smallest absolute Gasteiger partial charge is 0.332 e. The van der Waals surface area contributed by atoms with Gasteiger partial charge in [0, 0.05) is 18.7 Å². The molecule has 4 N–H and O–H groups in total. The monoisotopic (exact) mass is 345 g/mol. The van der Waals surface area contributed by atoms with Crippen molar-refractivity contribution in [2.75, 3.05) is 6.54 Å². The molecule has 4 rings (SSSR count). The van der Waals surface area contributed by atoms with E-state index < -0.39 is 18.1 Å². The molecule has 2 aromatic heterocycles. The maximum atomic E-state index is 12.9. The Morgan fingerprint density at radius 1 is 1.36 bits per heavy atom. The lowest BCUT2D eigenvalue weighted by Gasteiger charge is -2.33. The molecule has 0 bridgehead atoms. The molecule has 1 saturated heterocycles. The Kier molecular flexibility index (Phi) is 3.81. The quantitative estimate of drug-likeness (QED) is 0.636. The minimum atomic E-state index is -1.08. The van der Waals surface area contributed by atoms with Crippen LogP contribution in [0.2, 0.25) is 0 Å². The van der Waals surface area contributed by atoms with Gasteiger partial charge in [-0.3, -0.25) is 4.79 Å². The number of amides is 1. The fraction of sp³-hybridized carbons (Fsp3) is 0.438. The lowest BCUT2D eigenvalue weighted by atomic mass is 10.00. The molecule has 0 aliphatic carbocycles. The van der Waals surface area contributed by atoms with E-state index in [0.717, 1.165) is 17.2 Å². The summed E-state index contributed by atoms with van der Waals surface area (Å²) in [4.78, 5) is 33.1. The van der Waals surface area contributed by atoms with E-state index in [0.29, 0.717) is 25.1 Å². The number of hydrazine groups is 1. The number of hydrogen-bond donors (Lipinski definition) is 4. The van der Waals surface area contributed by atoms with Crippen LogP contribution in [0.3, 0.4) is 0 Å². The van der Waals surface area contributed by atoms with E-state index >= 15 is 0 Å². The van der Waals surface area contributed by atoms with Gasteiger partial charge in [-0.25, -0.2) is 20.6 Å². The number of aromatic amines is 1. The summed E-state index contributed by atoms with van der Waals surface area (Å²) in [5.74, 6) is 0.229. The summed E-state index contributed by atoms with van der Waals surface area (Å²) in [5, 5.41) is 9.60.